The second kappa shape index (κ2) is 6.29. The van der Waals surface area contributed by atoms with E-state index in [2.05, 4.69) is 15.5 Å². The van der Waals surface area contributed by atoms with Crippen LogP contribution >= 0.6 is 0 Å². The lowest BCUT2D eigenvalue weighted by atomic mass is 10.1. The van der Waals surface area contributed by atoms with Gasteiger partial charge in [-0.15, -0.1) is 0 Å². The molecule has 3 rings (SSSR count). The second-order valence-electron chi connectivity index (χ2n) is 4.69. The summed E-state index contributed by atoms with van der Waals surface area (Å²) in [7, 11) is 0. The highest BCUT2D eigenvalue weighted by Crippen LogP contribution is 2.28. The summed E-state index contributed by atoms with van der Waals surface area (Å²) in [5.74, 6) is -3.34. The molecule has 0 aliphatic rings. The van der Waals surface area contributed by atoms with E-state index in [-0.39, 0.29) is 22.5 Å². The van der Waals surface area contributed by atoms with Gasteiger partial charge in [-0.1, -0.05) is 23.4 Å². The van der Waals surface area contributed by atoms with Crippen LogP contribution in [0, 0.1) is 5.82 Å². The van der Waals surface area contributed by atoms with Crippen molar-refractivity contribution in [2.45, 2.75) is 0 Å². The summed E-state index contributed by atoms with van der Waals surface area (Å²) in [5.41, 5.74) is -0.375. The smallest absolute Gasteiger partial charge is 0.343 e. The Balaban J connectivity index is 1.98. The van der Waals surface area contributed by atoms with Crippen LogP contribution in [-0.4, -0.2) is 27.1 Å². The zero-order valence-electron chi connectivity index (χ0n) is 12.1. The Morgan fingerprint density at radius 1 is 1.12 bits per heavy atom. The first-order valence-corrected chi connectivity index (χ1v) is 6.78. The monoisotopic (exact) mass is 327 g/mol. The molecule has 0 saturated carbocycles. The molecule has 2 aromatic heterocycles. The molecule has 2 N–H and O–H groups in total. The first-order chi connectivity index (χ1) is 11.6. The van der Waals surface area contributed by atoms with E-state index < -0.39 is 23.6 Å². The van der Waals surface area contributed by atoms with E-state index in [1.54, 1.807) is 18.2 Å². The summed E-state index contributed by atoms with van der Waals surface area (Å²) >= 11 is 0. The molecule has 0 saturated heterocycles. The highest BCUT2D eigenvalue weighted by atomic mass is 19.1. The molecule has 1 amide bonds. The number of rotatable bonds is 4. The number of carbonyl (C=O) groups excluding carboxylic acids is 1. The number of carbonyl (C=O) groups is 2. The molecule has 0 bridgehead atoms. The maximum atomic E-state index is 13.6. The molecule has 1 aromatic carbocycles. The fraction of sp³-hybridized carbons (Fsp3) is 0. The normalized spacial score (nSPS) is 10.4. The first kappa shape index (κ1) is 15.3. The Morgan fingerprint density at radius 3 is 2.54 bits per heavy atom. The quantitative estimate of drug-likeness (QED) is 0.763. The Morgan fingerprint density at radius 2 is 1.88 bits per heavy atom. The Kier molecular flexibility index (Phi) is 4.02. The summed E-state index contributed by atoms with van der Waals surface area (Å²) in [6, 6.07) is 10.2. The standard InChI is InChI=1S/C16H10FN3O4/c17-10-6-2-1-5-9(10)14(21)19-15-12(16(22)23)13(20-24-15)11-7-3-4-8-18-11/h1-8H,(H,19,21)(H,22,23). The van der Waals surface area contributed by atoms with Gasteiger partial charge < -0.3 is 9.63 Å². The van der Waals surface area contributed by atoms with Gasteiger partial charge in [-0.25, -0.2) is 9.18 Å². The van der Waals surface area contributed by atoms with Crippen LogP contribution in [-0.2, 0) is 0 Å². The minimum atomic E-state index is -1.36. The molecule has 0 radical (unpaired) electrons. The third-order valence-electron chi connectivity index (χ3n) is 3.16. The van der Waals surface area contributed by atoms with Crippen molar-refractivity contribution in [3.05, 3.63) is 65.6 Å². The zero-order valence-corrected chi connectivity index (χ0v) is 12.1. The number of aromatic carboxylic acids is 1. The van der Waals surface area contributed by atoms with E-state index in [1.807, 2.05) is 0 Å². The Bertz CT molecular complexity index is 909. The second-order valence-corrected chi connectivity index (χ2v) is 4.69. The number of hydrogen-bond donors (Lipinski definition) is 2. The average molecular weight is 327 g/mol. The van der Waals surface area contributed by atoms with Crippen molar-refractivity contribution in [3.8, 4) is 11.4 Å². The number of anilines is 1. The van der Waals surface area contributed by atoms with Crippen molar-refractivity contribution in [2.75, 3.05) is 5.32 Å². The number of carboxylic acids is 1. The number of hydrogen-bond acceptors (Lipinski definition) is 5. The Labute approximate surface area is 134 Å². The summed E-state index contributed by atoms with van der Waals surface area (Å²) in [4.78, 5) is 27.6. The lowest BCUT2D eigenvalue weighted by Crippen LogP contribution is -2.15. The molecule has 0 unspecified atom stereocenters. The predicted octanol–water partition coefficient (Wildman–Crippen LogP) is 2.83. The van der Waals surface area contributed by atoms with E-state index in [0.717, 1.165) is 6.07 Å². The maximum Gasteiger partial charge on any atom is 0.343 e. The van der Waals surface area contributed by atoms with Crippen LogP contribution in [0.1, 0.15) is 20.7 Å². The topological polar surface area (TPSA) is 105 Å². The Hall–Kier alpha value is -3.55. The van der Waals surface area contributed by atoms with Gasteiger partial charge in [0.05, 0.1) is 11.3 Å². The van der Waals surface area contributed by atoms with Crippen molar-refractivity contribution in [1.82, 2.24) is 10.1 Å². The van der Waals surface area contributed by atoms with Gasteiger partial charge in [-0.2, -0.15) is 0 Å². The predicted molar refractivity (Wildman–Crippen MR) is 81.0 cm³/mol. The first-order valence-electron chi connectivity index (χ1n) is 6.78. The minimum absolute atomic E-state index is 0.0352. The third-order valence-corrected chi connectivity index (χ3v) is 3.16. The summed E-state index contributed by atoms with van der Waals surface area (Å²) < 4.78 is 18.6. The minimum Gasteiger partial charge on any atom is -0.477 e. The number of nitrogens with one attached hydrogen (secondary N) is 1. The van der Waals surface area contributed by atoms with Crippen molar-refractivity contribution in [2.24, 2.45) is 0 Å². The summed E-state index contributed by atoms with van der Waals surface area (Å²) in [5, 5.41) is 15.3. The van der Waals surface area contributed by atoms with E-state index in [0.29, 0.717) is 0 Å². The number of nitrogens with zero attached hydrogens (tertiary/aromatic N) is 2. The molecule has 8 heteroatoms. The van der Waals surface area contributed by atoms with Crippen molar-refractivity contribution in [1.29, 1.82) is 0 Å². The number of amides is 1. The maximum absolute atomic E-state index is 13.6. The summed E-state index contributed by atoms with van der Waals surface area (Å²) in [6.07, 6.45) is 1.47. The molecule has 0 atom stereocenters. The van der Waals surface area contributed by atoms with Gasteiger partial charge in [0.25, 0.3) is 5.91 Å². The van der Waals surface area contributed by atoms with E-state index in [9.17, 15) is 19.1 Å². The molecule has 0 spiro atoms. The molecule has 7 nitrogen and oxygen atoms in total. The SMILES string of the molecule is O=C(Nc1onc(-c2ccccn2)c1C(=O)O)c1ccccc1F. The fourth-order valence-corrected chi connectivity index (χ4v) is 2.07. The summed E-state index contributed by atoms with van der Waals surface area (Å²) in [6.45, 7) is 0. The highest BCUT2D eigenvalue weighted by Gasteiger charge is 2.26. The van der Waals surface area contributed by atoms with Crippen molar-refractivity contribution < 1.29 is 23.6 Å². The number of benzene rings is 1. The van der Waals surface area contributed by atoms with Gasteiger partial charge in [-0.3, -0.25) is 15.1 Å². The fourth-order valence-electron chi connectivity index (χ4n) is 2.07. The van der Waals surface area contributed by atoms with E-state index in [4.69, 9.17) is 4.52 Å². The number of aromatic nitrogens is 2. The lowest BCUT2D eigenvalue weighted by Gasteiger charge is -2.03. The van der Waals surface area contributed by atoms with E-state index >= 15 is 0 Å². The van der Waals surface area contributed by atoms with Gasteiger partial charge in [0.2, 0.25) is 5.88 Å². The third kappa shape index (κ3) is 2.84. The van der Waals surface area contributed by atoms with Gasteiger partial charge in [0, 0.05) is 6.20 Å². The van der Waals surface area contributed by atoms with Crippen molar-refractivity contribution in [3.63, 3.8) is 0 Å². The van der Waals surface area contributed by atoms with Crippen LogP contribution in [0.2, 0.25) is 0 Å². The number of pyridine rings is 1. The van der Waals surface area contributed by atoms with Crippen molar-refractivity contribution >= 4 is 17.8 Å². The molecule has 24 heavy (non-hydrogen) atoms. The number of halogens is 1. The lowest BCUT2D eigenvalue weighted by molar-refractivity contribution is 0.0698. The number of carboxylic acid groups (broad SMARTS) is 1. The largest absolute Gasteiger partial charge is 0.477 e. The molecule has 0 aliphatic carbocycles. The van der Waals surface area contributed by atoms with Crippen LogP contribution in [0.4, 0.5) is 10.3 Å². The van der Waals surface area contributed by atoms with Crippen LogP contribution < -0.4 is 5.32 Å². The molecule has 0 fully saturated rings. The van der Waals surface area contributed by atoms with Gasteiger partial charge >= 0.3 is 5.97 Å². The molecular formula is C16H10FN3O4. The van der Waals surface area contributed by atoms with Crippen LogP contribution in [0.15, 0.2) is 53.2 Å². The molecule has 0 aliphatic heterocycles. The van der Waals surface area contributed by atoms with Gasteiger partial charge in [0.15, 0.2) is 5.56 Å². The van der Waals surface area contributed by atoms with Gasteiger partial charge in [-0.05, 0) is 24.3 Å². The molecule has 2 heterocycles. The average Bonchev–Trinajstić information content (AvgIpc) is 2.99. The van der Waals surface area contributed by atoms with Crippen LogP contribution in [0.25, 0.3) is 11.4 Å². The van der Waals surface area contributed by atoms with Crippen LogP contribution in [0.5, 0.6) is 0 Å². The highest BCUT2D eigenvalue weighted by molar-refractivity contribution is 6.08. The van der Waals surface area contributed by atoms with Gasteiger partial charge in [0.1, 0.15) is 11.5 Å². The van der Waals surface area contributed by atoms with Crippen LogP contribution in [0.3, 0.4) is 0 Å². The van der Waals surface area contributed by atoms with E-state index in [1.165, 1.54) is 24.4 Å². The molecule has 3 aromatic rings. The molecular weight excluding hydrogens is 317 g/mol. The zero-order chi connectivity index (χ0) is 17.1. The molecule has 120 valence electrons.